The number of para-hydroxylation sites is 1. The van der Waals surface area contributed by atoms with E-state index in [-0.39, 0.29) is 18.0 Å². The van der Waals surface area contributed by atoms with E-state index in [2.05, 4.69) is 21.4 Å². The molecule has 3 rings (SSSR count). The van der Waals surface area contributed by atoms with Crippen molar-refractivity contribution >= 4 is 15.9 Å². The van der Waals surface area contributed by atoms with Gasteiger partial charge >= 0.3 is 0 Å². The van der Waals surface area contributed by atoms with Crippen LogP contribution in [-0.4, -0.2) is 12.1 Å². The van der Waals surface area contributed by atoms with Crippen molar-refractivity contribution in [3.63, 3.8) is 0 Å². The van der Waals surface area contributed by atoms with Crippen LogP contribution in [0.5, 0.6) is 5.75 Å². The number of ether oxygens (including phenoxy) is 1. The van der Waals surface area contributed by atoms with Crippen LogP contribution >= 0.6 is 15.9 Å². The van der Waals surface area contributed by atoms with Crippen LogP contribution in [0.15, 0.2) is 46.9 Å². The highest BCUT2D eigenvalue weighted by Gasteiger charge is 2.30. The van der Waals surface area contributed by atoms with Crippen molar-refractivity contribution in [2.24, 2.45) is 5.84 Å². The van der Waals surface area contributed by atoms with Crippen LogP contribution in [0.2, 0.25) is 0 Å². The molecular weight excluding hydrogens is 335 g/mol. The summed E-state index contributed by atoms with van der Waals surface area (Å²) < 4.78 is 20.6. The lowest BCUT2D eigenvalue weighted by Gasteiger charge is -2.22. The third kappa shape index (κ3) is 3.10. The molecule has 2 atom stereocenters. The molecule has 5 heteroatoms. The number of hydrogen-bond acceptors (Lipinski definition) is 3. The second kappa shape index (κ2) is 6.13. The molecule has 110 valence electrons. The van der Waals surface area contributed by atoms with Gasteiger partial charge in [-0.15, -0.1) is 0 Å². The molecule has 0 spiro atoms. The molecule has 3 nitrogen and oxygen atoms in total. The first-order valence-electron chi connectivity index (χ1n) is 6.82. The van der Waals surface area contributed by atoms with Crippen molar-refractivity contribution in [2.75, 3.05) is 0 Å². The summed E-state index contributed by atoms with van der Waals surface area (Å²) in [6.07, 6.45) is 1.17. The standard InChI is InChI=1S/C16H16BrFN2O/c17-12-6-5-10(13(18)9-12)7-14(20-19)16-8-11-3-1-2-4-15(11)21-16/h1-6,9,14,16,20H,7-8,19H2. The topological polar surface area (TPSA) is 47.3 Å². The van der Waals surface area contributed by atoms with Crippen LogP contribution in [-0.2, 0) is 12.8 Å². The van der Waals surface area contributed by atoms with E-state index >= 15 is 0 Å². The summed E-state index contributed by atoms with van der Waals surface area (Å²) in [6.45, 7) is 0. The average Bonchev–Trinajstić information content (AvgIpc) is 2.90. The van der Waals surface area contributed by atoms with E-state index in [9.17, 15) is 4.39 Å². The Balaban J connectivity index is 1.75. The SMILES string of the molecule is NNC(Cc1ccc(Br)cc1F)C1Cc2ccccc2O1. The van der Waals surface area contributed by atoms with E-state index in [1.165, 1.54) is 11.6 Å². The molecule has 0 saturated carbocycles. The number of fused-ring (bicyclic) bond motifs is 1. The fourth-order valence-corrected chi connectivity index (χ4v) is 2.99. The molecule has 2 unspecified atom stereocenters. The highest BCUT2D eigenvalue weighted by atomic mass is 79.9. The van der Waals surface area contributed by atoms with Gasteiger partial charge in [-0.05, 0) is 35.7 Å². The normalized spacial score (nSPS) is 18.1. The third-order valence-corrected chi connectivity index (χ3v) is 4.28. The number of nitrogens with one attached hydrogen (secondary N) is 1. The first-order chi connectivity index (χ1) is 10.2. The molecule has 1 aliphatic rings. The van der Waals surface area contributed by atoms with Gasteiger partial charge in [-0.2, -0.15) is 0 Å². The van der Waals surface area contributed by atoms with Gasteiger partial charge in [-0.1, -0.05) is 40.2 Å². The lowest BCUT2D eigenvalue weighted by atomic mass is 9.98. The van der Waals surface area contributed by atoms with Crippen molar-refractivity contribution < 1.29 is 9.13 Å². The van der Waals surface area contributed by atoms with Crippen molar-refractivity contribution in [3.8, 4) is 5.75 Å². The fraction of sp³-hybridized carbons (Fsp3) is 0.250. The Kier molecular flexibility index (Phi) is 4.24. The maximum Gasteiger partial charge on any atom is 0.127 e. The number of benzene rings is 2. The zero-order valence-corrected chi connectivity index (χ0v) is 12.9. The van der Waals surface area contributed by atoms with Gasteiger partial charge in [0.25, 0.3) is 0 Å². The smallest absolute Gasteiger partial charge is 0.127 e. The lowest BCUT2D eigenvalue weighted by molar-refractivity contribution is 0.177. The molecular formula is C16H16BrFN2O. The minimum Gasteiger partial charge on any atom is -0.488 e. The molecule has 0 radical (unpaired) electrons. The van der Waals surface area contributed by atoms with E-state index in [4.69, 9.17) is 10.6 Å². The molecule has 2 aromatic carbocycles. The molecule has 1 heterocycles. The summed E-state index contributed by atoms with van der Waals surface area (Å²) in [5.41, 5.74) is 4.56. The first kappa shape index (κ1) is 14.5. The maximum atomic E-state index is 14.0. The summed E-state index contributed by atoms with van der Waals surface area (Å²) in [5.74, 6) is 6.31. The second-order valence-corrected chi connectivity index (χ2v) is 6.10. The highest BCUT2D eigenvalue weighted by molar-refractivity contribution is 9.10. The summed E-state index contributed by atoms with van der Waals surface area (Å²) in [5, 5.41) is 0. The van der Waals surface area contributed by atoms with Crippen molar-refractivity contribution in [1.29, 1.82) is 0 Å². The largest absolute Gasteiger partial charge is 0.488 e. The predicted molar refractivity (Wildman–Crippen MR) is 83.5 cm³/mol. The highest BCUT2D eigenvalue weighted by Crippen LogP contribution is 2.30. The average molecular weight is 351 g/mol. The van der Waals surface area contributed by atoms with E-state index in [0.29, 0.717) is 12.0 Å². The molecule has 1 aliphatic heterocycles. The van der Waals surface area contributed by atoms with Crippen LogP contribution in [0, 0.1) is 5.82 Å². The van der Waals surface area contributed by atoms with Crippen LogP contribution in [0.4, 0.5) is 4.39 Å². The maximum absolute atomic E-state index is 14.0. The molecule has 0 aromatic heterocycles. The molecule has 0 fully saturated rings. The number of nitrogens with two attached hydrogens (primary N) is 1. The molecule has 0 bridgehead atoms. The van der Waals surface area contributed by atoms with Crippen molar-refractivity contribution in [2.45, 2.75) is 25.0 Å². The summed E-state index contributed by atoms with van der Waals surface area (Å²) >= 11 is 3.26. The third-order valence-electron chi connectivity index (χ3n) is 3.79. The summed E-state index contributed by atoms with van der Waals surface area (Å²) in [7, 11) is 0. The second-order valence-electron chi connectivity index (χ2n) is 5.18. The van der Waals surface area contributed by atoms with Gasteiger partial charge in [0, 0.05) is 10.9 Å². The zero-order valence-electron chi connectivity index (χ0n) is 11.4. The minimum atomic E-state index is -0.236. The Hall–Kier alpha value is -1.43. The molecule has 3 N–H and O–H groups in total. The Morgan fingerprint density at radius 1 is 1.33 bits per heavy atom. The number of halogens is 2. The number of rotatable bonds is 4. The fourth-order valence-electron chi connectivity index (χ4n) is 2.66. The van der Waals surface area contributed by atoms with Crippen LogP contribution in [0.1, 0.15) is 11.1 Å². The number of hydrogen-bond donors (Lipinski definition) is 2. The van der Waals surface area contributed by atoms with Gasteiger partial charge in [0.05, 0.1) is 6.04 Å². The monoisotopic (exact) mass is 350 g/mol. The van der Waals surface area contributed by atoms with Gasteiger partial charge in [0.1, 0.15) is 17.7 Å². The molecule has 0 saturated heterocycles. The first-order valence-corrected chi connectivity index (χ1v) is 7.61. The molecule has 2 aromatic rings. The van der Waals surface area contributed by atoms with Gasteiger partial charge < -0.3 is 4.74 Å². The van der Waals surface area contributed by atoms with Crippen LogP contribution < -0.4 is 16.0 Å². The van der Waals surface area contributed by atoms with E-state index in [1.807, 2.05) is 30.3 Å². The Labute approximate surface area is 131 Å². The Morgan fingerprint density at radius 3 is 2.86 bits per heavy atom. The quantitative estimate of drug-likeness (QED) is 0.658. The van der Waals surface area contributed by atoms with Crippen molar-refractivity contribution in [3.05, 3.63) is 63.9 Å². The molecule has 0 aliphatic carbocycles. The predicted octanol–water partition coefficient (Wildman–Crippen LogP) is 2.97. The van der Waals surface area contributed by atoms with Crippen LogP contribution in [0.25, 0.3) is 0 Å². The minimum absolute atomic E-state index is 0.0875. The van der Waals surface area contributed by atoms with Gasteiger partial charge in [-0.25, -0.2) is 4.39 Å². The van der Waals surface area contributed by atoms with Crippen molar-refractivity contribution in [1.82, 2.24) is 5.43 Å². The van der Waals surface area contributed by atoms with Gasteiger partial charge in [0.2, 0.25) is 0 Å². The lowest BCUT2D eigenvalue weighted by Crippen LogP contribution is -2.47. The Bertz CT molecular complexity index is 625. The summed E-state index contributed by atoms with van der Waals surface area (Å²) in [4.78, 5) is 0. The van der Waals surface area contributed by atoms with E-state index in [0.717, 1.165) is 16.6 Å². The Morgan fingerprint density at radius 2 is 2.14 bits per heavy atom. The summed E-state index contributed by atoms with van der Waals surface area (Å²) in [6, 6.07) is 12.8. The zero-order chi connectivity index (χ0) is 14.8. The molecule has 0 amide bonds. The van der Waals surface area contributed by atoms with Crippen LogP contribution in [0.3, 0.4) is 0 Å². The number of hydrazine groups is 1. The van der Waals surface area contributed by atoms with Gasteiger partial charge in [0.15, 0.2) is 0 Å². The van der Waals surface area contributed by atoms with E-state index in [1.54, 1.807) is 6.07 Å². The van der Waals surface area contributed by atoms with E-state index < -0.39 is 0 Å². The van der Waals surface area contributed by atoms with Gasteiger partial charge in [-0.3, -0.25) is 11.3 Å². The molecule has 21 heavy (non-hydrogen) atoms.